The van der Waals surface area contributed by atoms with Crippen LogP contribution in [0.15, 0.2) is 48.5 Å². The van der Waals surface area contributed by atoms with E-state index in [1.807, 2.05) is 54.3 Å². The lowest BCUT2D eigenvalue weighted by molar-refractivity contribution is -0.125. The molecule has 1 heterocycles. The first-order chi connectivity index (χ1) is 11.6. The van der Waals surface area contributed by atoms with Crippen LogP contribution in [0.4, 0.5) is 5.69 Å². The Balaban J connectivity index is 1.79. The van der Waals surface area contributed by atoms with Crippen molar-refractivity contribution in [2.75, 3.05) is 12.0 Å². The minimum Gasteiger partial charge on any atom is -0.497 e. The number of hydrogen-bond donors (Lipinski definition) is 0. The number of ether oxygens (including phenoxy) is 2. The van der Waals surface area contributed by atoms with E-state index in [0.717, 1.165) is 17.9 Å². The zero-order chi connectivity index (χ0) is 17.1. The van der Waals surface area contributed by atoms with Crippen molar-refractivity contribution in [2.45, 2.75) is 38.8 Å². The molecule has 24 heavy (non-hydrogen) atoms. The Morgan fingerprint density at radius 3 is 2.50 bits per heavy atom. The fourth-order valence-corrected chi connectivity index (χ4v) is 3.18. The number of rotatable bonds is 5. The van der Waals surface area contributed by atoms with Gasteiger partial charge in [0.15, 0.2) is 6.10 Å². The zero-order valence-corrected chi connectivity index (χ0v) is 14.4. The molecule has 0 fully saturated rings. The van der Waals surface area contributed by atoms with Crippen LogP contribution in [-0.2, 0) is 11.2 Å². The summed E-state index contributed by atoms with van der Waals surface area (Å²) in [5, 5.41) is 0. The quantitative estimate of drug-likeness (QED) is 0.838. The molecule has 126 valence electrons. The molecule has 0 spiro atoms. The van der Waals surface area contributed by atoms with E-state index in [1.54, 1.807) is 7.11 Å². The average molecular weight is 325 g/mol. The van der Waals surface area contributed by atoms with Crippen LogP contribution < -0.4 is 14.4 Å². The summed E-state index contributed by atoms with van der Waals surface area (Å²) < 4.78 is 11.1. The van der Waals surface area contributed by atoms with Crippen molar-refractivity contribution in [3.8, 4) is 11.5 Å². The first-order valence-electron chi connectivity index (χ1n) is 8.35. The van der Waals surface area contributed by atoms with Gasteiger partial charge in [0, 0.05) is 11.7 Å². The van der Waals surface area contributed by atoms with Gasteiger partial charge < -0.3 is 14.4 Å². The molecule has 0 bridgehead atoms. The van der Waals surface area contributed by atoms with E-state index in [0.29, 0.717) is 12.2 Å². The summed E-state index contributed by atoms with van der Waals surface area (Å²) in [6.45, 7) is 4.05. The second-order valence-electron chi connectivity index (χ2n) is 6.08. The van der Waals surface area contributed by atoms with Crippen molar-refractivity contribution in [3.05, 3.63) is 54.1 Å². The number of amides is 1. The number of para-hydroxylation sites is 1. The summed E-state index contributed by atoms with van der Waals surface area (Å²) >= 11 is 0. The predicted molar refractivity (Wildman–Crippen MR) is 94.8 cm³/mol. The predicted octanol–water partition coefficient (Wildman–Crippen LogP) is 3.83. The third-order valence-electron chi connectivity index (χ3n) is 4.43. The highest BCUT2D eigenvalue weighted by molar-refractivity contribution is 5.99. The van der Waals surface area contributed by atoms with Gasteiger partial charge in [0.25, 0.3) is 5.91 Å². The maximum atomic E-state index is 13.1. The molecular formula is C20H23NO3. The normalized spacial score (nSPS) is 17.3. The highest BCUT2D eigenvalue weighted by atomic mass is 16.5. The van der Waals surface area contributed by atoms with Crippen molar-refractivity contribution < 1.29 is 14.3 Å². The Hall–Kier alpha value is -2.49. The molecule has 0 N–H and O–H groups in total. The summed E-state index contributed by atoms with van der Waals surface area (Å²) in [4.78, 5) is 14.9. The van der Waals surface area contributed by atoms with E-state index in [9.17, 15) is 4.79 Å². The minimum atomic E-state index is -0.494. The molecule has 1 aliphatic heterocycles. The monoisotopic (exact) mass is 325 g/mol. The van der Waals surface area contributed by atoms with Crippen LogP contribution in [0.2, 0.25) is 0 Å². The summed E-state index contributed by atoms with van der Waals surface area (Å²) in [6, 6.07) is 15.6. The molecule has 2 aromatic rings. The molecule has 3 rings (SSSR count). The SMILES string of the molecule is CC[C@@H](Oc1ccc(OC)cc1)C(=O)N1c2ccccc2C[C@H]1C. The Kier molecular flexibility index (Phi) is 4.74. The van der Waals surface area contributed by atoms with Gasteiger partial charge in [-0.1, -0.05) is 25.1 Å². The van der Waals surface area contributed by atoms with Gasteiger partial charge in [0.05, 0.1) is 7.11 Å². The van der Waals surface area contributed by atoms with Crippen LogP contribution >= 0.6 is 0 Å². The molecule has 0 saturated heterocycles. The fourth-order valence-electron chi connectivity index (χ4n) is 3.18. The van der Waals surface area contributed by atoms with E-state index < -0.39 is 6.10 Å². The van der Waals surface area contributed by atoms with Crippen molar-refractivity contribution >= 4 is 11.6 Å². The molecule has 0 unspecified atom stereocenters. The molecule has 0 saturated carbocycles. The molecule has 2 atom stereocenters. The number of hydrogen-bond acceptors (Lipinski definition) is 3. The number of fused-ring (bicyclic) bond motifs is 1. The standard InChI is InChI=1S/C20H23NO3/c1-4-19(24-17-11-9-16(23-3)10-12-17)20(22)21-14(2)13-15-7-5-6-8-18(15)21/h5-12,14,19H,4,13H2,1-3H3/t14-,19-/m1/s1. The van der Waals surface area contributed by atoms with Crippen LogP contribution in [0, 0.1) is 0 Å². The molecule has 4 nitrogen and oxygen atoms in total. The summed E-state index contributed by atoms with van der Waals surface area (Å²) in [5.41, 5.74) is 2.23. The van der Waals surface area contributed by atoms with E-state index >= 15 is 0 Å². The topological polar surface area (TPSA) is 38.8 Å². The van der Waals surface area contributed by atoms with Crippen LogP contribution in [0.3, 0.4) is 0 Å². The number of carbonyl (C=O) groups excluding carboxylic acids is 1. The molecule has 0 aromatic heterocycles. The van der Waals surface area contributed by atoms with E-state index in [2.05, 4.69) is 13.0 Å². The van der Waals surface area contributed by atoms with Crippen LogP contribution in [0.25, 0.3) is 0 Å². The maximum absolute atomic E-state index is 13.1. The Morgan fingerprint density at radius 2 is 1.83 bits per heavy atom. The lowest BCUT2D eigenvalue weighted by Crippen LogP contribution is -2.44. The van der Waals surface area contributed by atoms with Gasteiger partial charge in [-0.2, -0.15) is 0 Å². The molecule has 2 aromatic carbocycles. The van der Waals surface area contributed by atoms with Gasteiger partial charge in [-0.05, 0) is 55.7 Å². The minimum absolute atomic E-state index is 0.0192. The van der Waals surface area contributed by atoms with Crippen molar-refractivity contribution in [2.24, 2.45) is 0 Å². The number of anilines is 1. The summed E-state index contributed by atoms with van der Waals surface area (Å²) in [7, 11) is 1.63. The first kappa shape index (κ1) is 16.4. The van der Waals surface area contributed by atoms with Crippen molar-refractivity contribution in [1.82, 2.24) is 0 Å². The highest BCUT2D eigenvalue weighted by Gasteiger charge is 2.34. The lowest BCUT2D eigenvalue weighted by atomic mass is 10.1. The van der Waals surface area contributed by atoms with E-state index in [4.69, 9.17) is 9.47 Å². The summed E-state index contributed by atoms with van der Waals surface area (Å²) in [6.07, 6.45) is 1.02. The first-order valence-corrected chi connectivity index (χ1v) is 8.35. The second-order valence-corrected chi connectivity index (χ2v) is 6.08. The van der Waals surface area contributed by atoms with Crippen molar-refractivity contribution in [3.63, 3.8) is 0 Å². The van der Waals surface area contributed by atoms with E-state index in [1.165, 1.54) is 5.56 Å². The summed E-state index contributed by atoms with van der Waals surface area (Å²) in [5.74, 6) is 1.46. The van der Waals surface area contributed by atoms with Gasteiger partial charge >= 0.3 is 0 Å². The molecule has 1 aliphatic rings. The lowest BCUT2D eigenvalue weighted by Gasteiger charge is -2.27. The second kappa shape index (κ2) is 6.95. The number of carbonyl (C=O) groups is 1. The Bertz CT molecular complexity index is 711. The Morgan fingerprint density at radius 1 is 1.17 bits per heavy atom. The Labute approximate surface area is 143 Å². The number of nitrogens with zero attached hydrogens (tertiary/aromatic N) is 1. The van der Waals surface area contributed by atoms with Crippen molar-refractivity contribution in [1.29, 1.82) is 0 Å². The molecule has 1 amide bonds. The van der Waals surface area contributed by atoms with Gasteiger partial charge in [-0.3, -0.25) is 4.79 Å². The smallest absolute Gasteiger partial charge is 0.268 e. The number of methoxy groups -OCH3 is 1. The third-order valence-corrected chi connectivity index (χ3v) is 4.43. The maximum Gasteiger partial charge on any atom is 0.268 e. The largest absolute Gasteiger partial charge is 0.497 e. The van der Waals surface area contributed by atoms with Gasteiger partial charge in [-0.15, -0.1) is 0 Å². The molecule has 0 aliphatic carbocycles. The zero-order valence-electron chi connectivity index (χ0n) is 14.4. The molecule has 0 radical (unpaired) electrons. The van der Waals surface area contributed by atoms with Crippen LogP contribution in [-0.4, -0.2) is 25.2 Å². The highest BCUT2D eigenvalue weighted by Crippen LogP contribution is 2.33. The number of benzene rings is 2. The van der Waals surface area contributed by atoms with Gasteiger partial charge in [-0.25, -0.2) is 0 Å². The van der Waals surface area contributed by atoms with Crippen LogP contribution in [0.5, 0.6) is 11.5 Å². The van der Waals surface area contributed by atoms with E-state index in [-0.39, 0.29) is 11.9 Å². The molecular weight excluding hydrogens is 302 g/mol. The van der Waals surface area contributed by atoms with Crippen LogP contribution in [0.1, 0.15) is 25.8 Å². The average Bonchev–Trinajstić information content (AvgIpc) is 2.95. The van der Waals surface area contributed by atoms with Gasteiger partial charge in [0.1, 0.15) is 11.5 Å². The van der Waals surface area contributed by atoms with Gasteiger partial charge in [0.2, 0.25) is 0 Å². The third kappa shape index (κ3) is 3.09. The molecule has 4 heteroatoms. The fraction of sp³-hybridized carbons (Fsp3) is 0.350.